The molecular weight excluding hydrogens is 524 g/mol. The number of hydrogen-bond donors (Lipinski definition) is 5. The predicted octanol–water partition coefficient (Wildman–Crippen LogP) is 1.93. The van der Waals surface area contributed by atoms with Crippen LogP contribution in [0.5, 0.6) is 11.5 Å². The number of carboxylic acid groups (broad SMARTS) is 1. The summed E-state index contributed by atoms with van der Waals surface area (Å²) in [4.78, 5) is 24.2. The average Bonchev–Trinajstić information content (AvgIpc) is 3.41. The van der Waals surface area contributed by atoms with Gasteiger partial charge in [-0.3, -0.25) is 9.63 Å². The molecule has 1 atom stereocenters. The van der Waals surface area contributed by atoms with Crippen molar-refractivity contribution in [1.82, 2.24) is 5.32 Å². The molecule has 0 saturated carbocycles. The van der Waals surface area contributed by atoms with Gasteiger partial charge >= 0.3 is 18.5 Å². The van der Waals surface area contributed by atoms with Crippen LogP contribution in [0.4, 0.5) is 26.3 Å². The number of halogens is 6. The summed E-state index contributed by atoms with van der Waals surface area (Å²) in [5, 5.41) is 16.9. The van der Waals surface area contributed by atoms with Crippen LogP contribution in [0.25, 0.3) is 6.08 Å². The number of benzene rings is 1. The van der Waals surface area contributed by atoms with E-state index in [1.807, 2.05) is 0 Å². The molecule has 11 nitrogen and oxygen atoms in total. The second-order valence-electron chi connectivity index (χ2n) is 6.82. The van der Waals surface area contributed by atoms with E-state index >= 15 is 0 Å². The monoisotopic (exact) mass is 552 g/mol. The second kappa shape index (κ2) is 16.6. The van der Waals surface area contributed by atoms with Gasteiger partial charge in [-0.25, -0.2) is 21.8 Å². The maximum Gasteiger partial charge on any atom is 0.573 e. The Balaban J connectivity index is 0.00000110. The molecule has 3 rings (SSSR count). The number of quaternary nitrogens is 1. The summed E-state index contributed by atoms with van der Waals surface area (Å²) in [6, 6.07) is 1.72. The number of carbonyl (C=O) groups excluding carboxylic acids is 1. The highest BCUT2D eigenvalue weighted by atomic mass is 19.4. The van der Waals surface area contributed by atoms with Gasteiger partial charge in [0.25, 0.3) is 6.47 Å². The van der Waals surface area contributed by atoms with E-state index in [1.54, 1.807) is 0 Å². The molecule has 1 fully saturated rings. The van der Waals surface area contributed by atoms with E-state index in [0.717, 1.165) is 18.2 Å². The third-order valence-corrected chi connectivity index (χ3v) is 4.36. The van der Waals surface area contributed by atoms with Gasteiger partial charge in [0.15, 0.2) is 0 Å². The molecule has 8 N–H and O–H groups in total. The van der Waals surface area contributed by atoms with Crippen LogP contribution in [0.3, 0.4) is 0 Å². The van der Waals surface area contributed by atoms with Crippen molar-refractivity contribution in [3.05, 3.63) is 28.8 Å². The number of esters is 1. The highest BCUT2D eigenvalue weighted by Gasteiger charge is 2.49. The summed E-state index contributed by atoms with van der Waals surface area (Å²) in [6.07, 6.45) is -9.10. The predicted molar refractivity (Wildman–Crippen MR) is 113 cm³/mol. The molecule has 37 heavy (non-hydrogen) atoms. The quantitative estimate of drug-likeness (QED) is 0.119. The summed E-state index contributed by atoms with van der Waals surface area (Å²) in [7, 11) is 0. The van der Waals surface area contributed by atoms with Crippen LogP contribution in [-0.4, -0.2) is 61.3 Å². The third kappa shape index (κ3) is 12.1. The van der Waals surface area contributed by atoms with Crippen molar-refractivity contribution in [2.24, 2.45) is 5.90 Å². The molecule has 0 bridgehead atoms. The molecule has 0 radical (unpaired) electrons. The van der Waals surface area contributed by atoms with Crippen LogP contribution in [0.1, 0.15) is 30.9 Å². The van der Waals surface area contributed by atoms with Gasteiger partial charge in [-0.15, -0.1) is 13.2 Å². The number of carbonyl (C=O) groups is 2. The molecule has 0 aliphatic carbocycles. The van der Waals surface area contributed by atoms with Gasteiger partial charge in [0, 0.05) is 5.56 Å². The first-order valence-corrected chi connectivity index (χ1v) is 10.3. The smallest absolute Gasteiger partial charge is 0.483 e. The average molecular weight is 552 g/mol. The maximum atomic E-state index is 13.3. The van der Waals surface area contributed by atoms with Gasteiger partial charge in [-0.05, 0) is 56.1 Å². The van der Waals surface area contributed by atoms with Crippen molar-refractivity contribution < 1.29 is 71.2 Å². The molecule has 2 heterocycles. The lowest BCUT2D eigenvalue weighted by molar-refractivity contribution is -0.670. The zero-order valence-electron chi connectivity index (χ0n) is 19.5. The van der Waals surface area contributed by atoms with Crippen molar-refractivity contribution in [2.75, 3.05) is 19.9 Å². The lowest BCUT2D eigenvalue weighted by Gasteiger charge is -2.29. The SMILES string of the molecule is C1CCNC1.CCc1cc(OC(F)(F)F)cc2c1OC(C(F)(F)F)C(C(=O)OCON)=C2.O=CO.[NH3+]O. The van der Waals surface area contributed by atoms with E-state index in [0.29, 0.717) is 0 Å². The molecule has 0 spiro atoms. The first kappa shape index (κ1) is 33.9. The summed E-state index contributed by atoms with van der Waals surface area (Å²) in [5.74, 6) is 4.48. The van der Waals surface area contributed by atoms with Gasteiger partial charge in [0.05, 0.1) is 5.57 Å². The Morgan fingerprint density at radius 1 is 1.22 bits per heavy atom. The minimum absolute atomic E-state index is 0.0370. The van der Waals surface area contributed by atoms with E-state index in [1.165, 1.54) is 32.9 Å². The number of rotatable bonds is 5. The van der Waals surface area contributed by atoms with Crippen molar-refractivity contribution in [2.45, 2.75) is 44.8 Å². The highest BCUT2D eigenvalue weighted by Crippen LogP contribution is 2.42. The Morgan fingerprint density at radius 3 is 2.19 bits per heavy atom. The summed E-state index contributed by atoms with van der Waals surface area (Å²) in [5.41, 5.74) is -1.14. The van der Waals surface area contributed by atoms with Crippen LogP contribution < -0.4 is 26.6 Å². The minimum atomic E-state index is -5.01. The van der Waals surface area contributed by atoms with Crippen molar-refractivity contribution in [3.8, 4) is 11.5 Å². The molecule has 2 aliphatic heterocycles. The number of fused-ring (bicyclic) bond motifs is 1. The standard InChI is InChI=1S/C15H13F6NO5.C4H9N.CH2O2.H4NO/c1-2-7-3-9(27-15(19,20)21)4-8-5-10(13(23)24-6-25-22)12(14(16,17)18)26-11(7)8;1-2-4-5-3-1;2-1-3;1-2/h3-5,12H,2,6,22H2,1H3;5H,1-4H2;1H,(H,2,3);2H,1H3/q;;;+1. The fraction of sp³-hybridized carbons (Fsp3) is 0.500. The molecule has 0 amide bonds. The fourth-order valence-electron chi connectivity index (χ4n) is 3.02. The molecule has 212 valence electrons. The molecule has 1 aromatic carbocycles. The third-order valence-electron chi connectivity index (χ3n) is 4.36. The van der Waals surface area contributed by atoms with Crippen LogP contribution in [-0.2, 0) is 25.6 Å². The Hall–Kier alpha value is -3.12. The van der Waals surface area contributed by atoms with Crippen LogP contribution in [0, 0.1) is 0 Å². The molecule has 1 saturated heterocycles. The molecule has 1 unspecified atom stereocenters. The molecular formula is C20H28F6N3O8+. The molecule has 2 aliphatic rings. The van der Waals surface area contributed by atoms with Gasteiger partial charge in [-0.1, -0.05) is 6.92 Å². The summed E-state index contributed by atoms with van der Waals surface area (Å²) >= 11 is 0. The lowest BCUT2D eigenvalue weighted by Crippen LogP contribution is -2.42. The Kier molecular flexibility index (Phi) is 15.2. The summed E-state index contributed by atoms with van der Waals surface area (Å²) < 4.78 is 90.4. The Morgan fingerprint density at radius 2 is 1.78 bits per heavy atom. The Bertz CT molecular complexity index is 869. The number of nitrogens with two attached hydrogens (primary N) is 1. The molecule has 0 aromatic heterocycles. The van der Waals surface area contributed by atoms with Crippen molar-refractivity contribution in [3.63, 3.8) is 0 Å². The zero-order valence-corrected chi connectivity index (χ0v) is 19.5. The van der Waals surface area contributed by atoms with Gasteiger partial charge in [0.1, 0.15) is 11.5 Å². The van der Waals surface area contributed by atoms with Gasteiger partial charge in [-0.2, -0.15) is 13.2 Å². The van der Waals surface area contributed by atoms with Crippen molar-refractivity contribution >= 4 is 18.5 Å². The second-order valence-corrected chi connectivity index (χ2v) is 6.82. The molecule has 17 heteroatoms. The van der Waals surface area contributed by atoms with E-state index in [-0.39, 0.29) is 29.8 Å². The number of aryl methyl sites for hydroxylation is 1. The van der Waals surface area contributed by atoms with E-state index in [2.05, 4.69) is 31.4 Å². The number of nitrogens with one attached hydrogen (secondary N) is 1. The van der Waals surface area contributed by atoms with E-state index < -0.39 is 42.7 Å². The number of hydrogen-bond acceptors (Lipinski definition) is 9. The number of ether oxygens (including phenoxy) is 3. The minimum Gasteiger partial charge on any atom is -0.483 e. The topological polar surface area (TPSA) is 177 Å². The van der Waals surface area contributed by atoms with Crippen LogP contribution >= 0.6 is 0 Å². The highest BCUT2D eigenvalue weighted by molar-refractivity contribution is 5.96. The zero-order chi connectivity index (χ0) is 28.6. The Labute approximate surface area is 206 Å². The van der Waals surface area contributed by atoms with Gasteiger partial charge in [0.2, 0.25) is 12.9 Å². The van der Waals surface area contributed by atoms with E-state index in [9.17, 15) is 31.1 Å². The first-order valence-electron chi connectivity index (χ1n) is 10.3. The maximum absolute atomic E-state index is 13.3. The van der Waals surface area contributed by atoms with Crippen LogP contribution in [0.15, 0.2) is 17.7 Å². The van der Waals surface area contributed by atoms with Crippen LogP contribution in [0.2, 0.25) is 0 Å². The number of alkyl halides is 6. The fourth-order valence-corrected chi connectivity index (χ4v) is 3.02. The molecule has 1 aromatic rings. The van der Waals surface area contributed by atoms with Gasteiger partial charge < -0.3 is 24.6 Å². The lowest BCUT2D eigenvalue weighted by atomic mass is 9.97. The van der Waals surface area contributed by atoms with Crippen molar-refractivity contribution in [1.29, 1.82) is 0 Å². The largest absolute Gasteiger partial charge is 0.573 e. The van der Waals surface area contributed by atoms with E-state index in [4.69, 9.17) is 19.8 Å². The normalized spacial score (nSPS) is 16.1. The summed E-state index contributed by atoms with van der Waals surface area (Å²) in [6.45, 7) is 2.93. The first-order chi connectivity index (χ1) is 17.4.